The summed E-state index contributed by atoms with van der Waals surface area (Å²) in [6, 6.07) is 0. The number of hydrogen-bond donors (Lipinski definition) is 2. The second-order valence-corrected chi connectivity index (χ2v) is 7.99. The van der Waals surface area contributed by atoms with Gasteiger partial charge < -0.3 is 4.74 Å². The summed E-state index contributed by atoms with van der Waals surface area (Å²) in [6.45, 7) is 4.36. The van der Waals surface area contributed by atoms with Gasteiger partial charge in [0.2, 0.25) is 0 Å². The second kappa shape index (κ2) is 21.6. The first kappa shape index (κ1) is 28.5. The molecule has 0 amide bonds. The van der Waals surface area contributed by atoms with Gasteiger partial charge >= 0.3 is 16.4 Å². The summed E-state index contributed by atoms with van der Waals surface area (Å²) in [4.78, 5) is 10.6. The van der Waals surface area contributed by atoms with Gasteiger partial charge in [-0.05, 0) is 6.42 Å². The first-order valence-electron chi connectivity index (χ1n) is 10.6. The molecule has 7 heteroatoms. The summed E-state index contributed by atoms with van der Waals surface area (Å²) in [6.07, 6.45) is 22.0. The van der Waals surface area contributed by atoms with Gasteiger partial charge in [-0.25, -0.2) is 0 Å². The summed E-state index contributed by atoms with van der Waals surface area (Å²) in [7, 11) is -4.67. The SMILES string of the molecule is CCCCCCCCCCCCCCCCCCOC(C)=O.O=S(=O)(O)O. The molecule has 0 saturated heterocycles. The molecule has 0 rings (SSSR count). The van der Waals surface area contributed by atoms with Gasteiger partial charge in [0, 0.05) is 6.92 Å². The Balaban J connectivity index is 0. The van der Waals surface area contributed by atoms with Crippen LogP contribution in [0.25, 0.3) is 0 Å². The van der Waals surface area contributed by atoms with Crippen molar-refractivity contribution in [1.29, 1.82) is 0 Å². The van der Waals surface area contributed by atoms with E-state index in [1.165, 1.54) is 103 Å². The van der Waals surface area contributed by atoms with Crippen LogP contribution in [0.3, 0.4) is 0 Å². The zero-order chi connectivity index (χ0) is 20.8. The van der Waals surface area contributed by atoms with E-state index in [1.807, 2.05) is 0 Å². The van der Waals surface area contributed by atoms with Crippen molar-refractivity contribution in [3.8, 4) is 0 Å². The molecule has 0 spiro atoms. The van der Waals surface area contributed by atoms with Gasteiger partial charge in [-0.2, -0.15) is 8.42 Å². The van der Waals surface area contributed by atoms with Gasteiger partial charge in [0.05, 0.1) is 6.61 Å². The van der Waals surface area contributed by atoms with Crippen LogP contribution < -0.4 is 0 Å². The fraction of sp³-hybridized carbons (Fsp3) is 0.950. The molecule has 0 bridgehead atoms. The predicted octanol–water partition coefficient (Wildman–Crippen LogP) is 6.16. The van der Waals surface area contributed by atoms with Crippen molar-refractivity contribution < 1.29 is 27.1 Å². The molecule has 0 radical (unpaired) electrons. The van der Waals surface area contributed by atoms with Crippen molar-refractivity contribution in [3.05, 3.63) is 0 Å². The summed E-state index contributed by atoms with van der Waals surface area (Å²) < 4.78 is 36.5. The smallest absolute Gasteiger partial charge is 0.394 e. The van der Waals surface area contributed by atoms with E-state index in [-0.39, 0.29) is 5.97 Å². The van der Waals surface area contributed by atoms with Gasteiger partial charge in [0.25, 0.3) is 0 Å². The highest BCUT2D eigenvalue weighted by atomic mass is 32.3. The minimum Gasteiger partial charge on any atom is -0.466 e. The van der Waals surface area contributed by atoms with Gasteiger partial charge in [-0.1, -0.05) is 103 Å². The molecule has 0 heterocycles. The summed E-state index contributed by atoms with van der Waals surface area (Å²) in [5, 5.41) is 0. The van der Waals surface area contributed by atoms with Crippen molar-refractivity contribution in [2.75, 3.05) is 6.61 Å². The largest absolute Gasteiger partial charge is 0.466 e. The quantitative estimate of drug-likeness (QED) is 0.169. The number of esters is 1. The normalized spacial score (nSPS) is 11.0. The lowest BCUT2D eigenvalue weighted by Crippen LogP contribution is -2.00. The zero-order valence-electron chi connectivity index (χ0n) is 17.5. The van der Waals surface area contributed by atoms with E-state index in [9.17, 15) is 4.79 Å². The Hall–Kier alpha value is -0.660. The van der Waals surface area contributed by atoms with Crippen molar-refractivity contribution in [2.24, 2.45) is 0 Å². The standard InChI is InChI=1S/C20H40O2.H2O4S/c1-3-4-5-6-7-8-9-10-11-12-13-14-15-16-17-18-19-22-20(2)21;1-5(2,3)4/h3-19H2,1-2H3;(H2,1,2,3,4). The Kier molecular flexibility index (Phi) is 22.9. The molecule has 2 N–H and O–H groups in total. The van der Waals surface area contributed by atoms with Crippen LogP contribution in [0, 0.1) is 0 Å². The third kappa shape index (κ3) is 41.0. The second-order valence-electron chi connectivity index (χ2n) is 7.09. The summed E-state index contributed by atoms with van der Waals surface area (Å²) in [5.41, 5.74) is 0. The van der Waals surface area contributed by atoms with Gasteiger partial charge in [0.15, 0.2) is 0 Å². The average Bonchev–Trinajstić information content (AvgIpc) is 2.56. The first-order chi connectivity index (χ1) is 12.8. The number of rotatable bonds is 17. The molecule has 164 valence electrons. The topological polar surface area (TPSA) is 101 Å². The van der Waals surface area contributed by atoms with Crippen molar-refractivity contribution in [2.45, 2.75) is 117 Å². The lowest BCUT2D eigenvalue weighted by Gasteiger charge is -2.04. The minimum absolute atomic E-state index is 0.152. The predicted molar refractivity (Wildman–Crippen MR) is 110 cm³/mol. The van der Waals surface area contributed by atoms with Crippen LogP contribution in [0.1, 0.15) is 117 Å². The third-order valence-electron chi connectivity index (χ3n) is 4.30. The third-order valence-corrected chi connectivity index (χ3v) is 4.30. The molecule has 0 unspecified atom stereocenters. The Morgan fingerprint density at radius 3 is 1.19 bits per heavy atom. The van der Waals surface area contributed by atoms with Crippen molar-refractivity contribution in [1.82, 2.24) is 0 Å². The Labute approximate surface area is 167 Å². The van der Waals surface area contributed by atoms with Crippen molar-refractivity contribution in [3.63, 3.8) is 0 Å². The summed E-state index contributed by atoms with van der Waals surface area (Å²) >= 11 is 0. The molecule has 6 nitrogen and oxygen atoms in total. The van der Waals surface area contributed by atoms with Crippen LogP contribution in [-0.2, 0) is 19.9 Å². The van der Waals surface area contributed by atoms with Crippen LogP contribution in [0.15, 0.2) is 0 Å². The average molecular weight is 411 g/mol. The maximum atomic E-state index is 10.6. The number of carbonyl (C=O) groups is 1. The highest BCUT2D eigenvalue weighted by Gasteiger charge is 1.95. The molecule has 0 aromatic carbocycles. The molecule has 0 aliphatic rings. The molecule has 0 aromatic heterocycles. The van der Waals surface area contributed by atoms with E-state index in [2.05, 4.69) is 6.92 Å². The van der Waals surface area contributed by atoms with E-state index in [4.69, 9.17) is 22.3 Å². The van der Waals surface area contributed by atoms with E-state index >= 15 is 0 Å². The summed E-state index contributed by atoms with van der Waals surface area (Å²) in [5.74, 6) is -0.152. The van der Waals surface area contributed by atoms with Crippen LogP contribution in [0.5, 0.6) is 0 Å². The monoisotopic (exact) mass is 410 g/mol. The molecule has 0 atom stereocenters. The number of ether oxygens (including phenoxy) is 1. The fourth-order valence-corrected chi connectivity index (χ4v) is 2.87. The van der Waals surface area contributed by atoms with E-state index in [1.54, 1.807) is 0 Å². The highest BCUT2D eigenvalue weighted by Crippen LogP contribution is 2.13. The lowest BCUT2D eigenvalue weighted by molar-refractivity contribution is -0.141. The van der Waals surface area contributed by atoms with Gasteiger partial charge in [0.1, 0.15) is 0 Å². The van der Waals surface area contributed by atoms with E-state index < -0.39 is 10.4 Å². The highest BCUT2D eigenvalue weighted by molar-refractivity contribution is 7.79. The van der Waals surface area contributed by atoms with E-state index in [0.717, 1.165) is 6.42 Å². The zero-order valence-corrected chi connectivity index (χ0v) is 18.3. The molecule has 0 fully saturated rings. The molecular formula is C20H42O6S. The van der Waals surface area contributed by atoms with E-state index in [0.29, 0.717) is 6.61 Å². The molecule has 0 aliphatic carbocycles. The Morgan fingerprint density at radius 1 is 0.667 bits per heavy atom. The van der Waals surface area contributed by atoms with Crippen molar-refractivity contribution >= 4 is 16.4 Å². The molecule has 27 heavy (non-hydrogen) atoms. The van der Waals surface area contributed by atoms with Crippen LogP contribution in [-0.4, -0.2) is 30.1 Å². The number of carbonyl (C=O) groups excluding carboxylic acids is 1. The van der Waals surface area contributed by atoms with Gasteiger partial charge in [-0.3, -0.25) is 13.9 Å². The molecule has 0 saturated carbocycles. The van der Waals surface area contributed by atoms with Crippen LogP contribution >= 0.6 is 0 Å². The maximum Gasteiger partial charge on any atom is 0.394 e. The molecule has 0 aromatic rings. The number of hydrogen-bond acceptors (Lipinski definition) is 4. The maximum absolute atomic E-state index is 10.6. The van der Waals surface area contributed by atoms with Gasteiger partial charge in [-0.15, -0.1) is 0 Å². The molecule has 0 aliphatic heterocycles. The minimum atomic E-state index is -4.67. The Bertz CT molecular complexity index is 401. The lowest BCUT2D eigenvalue weighted by atomic mass is 10.0. The fourth-order valence-electron chi connectivity index (χ4n) is 2.87. The van der Waals surface area contributed by atoms with Crippen LogP contribution in [0.2, 0.25) is 0 Å². The first-order valence-corrected chi connectivity index (χ1v) is 12.0. The molecular weight excluding hydrogens is 368 g/mol. The van der Waals surface area contributed by atoms with Crippen LogP contribution in [0.4, 0.5) is 0 Å². The number of unbranched alkanes of at least 4 members (excludes halogenated alkanes) is 15. The Morgan fingerprint density at radius 2 is 0.926 bits per heavy atom.